The summed E-state index contributed by atoms with van der Waals surface area (Å²) in [6, 6.07) is 2.04. The molecule has 2 aliphatic heterocycles. The summed E-state index contributed by atoms with van der Waals surface area (Å²) in [6.07, 6.45) is 0.903. The molecule has 6 nitrogen and oxygen atoms in total. The Morgan fingerprint density at radius 3 is 2.78 bits per heavy atom. The molecule has 0 bridgehead atoms. The fourth-order valence-electron chi connectivity index (χ4n) is 2.55. The van der Waals surface area contributed by atoms with Crippen LogP contribution in [-0.4, -0.2) is 37.4 Å². The Kier molecular flexibility index (Phi) is 3.53. The van der Waals surface area contributed by atoms with Crippen molar-refractivity contribution in [1.29, 1.82) is 5.26 Å². The minimum atomic E-state index is -1.12. The Balaban J connectivity index is 2.24. The van der Waals surface area contributed by atoms with Gasteiger partial charge in [-0.25, -0.2) is 0 Å². The van der Waals surface area contributed by atoms with Crippen LogP contribution in [0.25, 0.3) is 0 Å². The van der Waals surface area contributed by atoms with Crippen LogP contribution in [0.2, 0.25) is 0 Å². The van der Waals surface area contributed by atoms with Gasteiger partial charge in [0.2, 0.25) is 0 Å². The number of hydrogen-bond donors (Lipinski definition) is 0. The van der Waals surface area contributed by atoms with E-state index in [1.165, 1.54) is 0 Å². The van der Waals surface area contributed by atoms with Gasteiger partial charge in [-0.05, 0) is 6.92 Å². The quantitative estimate of drug-likeness (QED) is 0.523. The third kappa shape index (κ3) is 1.95. The highest BCUT2D eigenvalue weighted by Gasteiger charge is 2.59. The summed E-state index contributed by atoms with van der Waals surface area (Å²) in [5.41, 5.74) is -0.874. The number of hydrogen-bond acceptors (Lipinski definition) is 6. The lowest BCUT2D eigenvalue weighted by atomic mass is 9.77. The first kappa shape index (κ1) is 12.8. The molecule has 6 heteroatoms. The number of nitrogens with zero attached hydrogens (tertiary/aromatic N) is 1. The van der Waals surface area contributed by atoms with Gasteiger partial charge in [-0.3, -0.25) is 9.59 Å². The Labute approximate surface area is 105 Å². The van der Waals surface area contributed by atoms with Crippen molar-refractivity contribution in [2.75, 3.05) is 19.8 Å². The fourth-order valence-corrected chi connectivity index (χ4v) is 2.55. The molecule has 2 fully saturated rings. The van der Waals surface area contributed by atoms with E-state index >= 15 is 0 Å². The lowest BCUT2D eigenvalue weighted by molar-refractivity contribution is -0.161. The minimum Gasteiger partial charge on any atom is -0.465 e. The van der Waals surface area contributed by atoms with Crippen LogP contribution in [0.5, 0.6) is 0 Å². The van der Waals surface area contributed by atoms with E-state index in [0.29, 0.717) is 26.1 Å². The SMILES string of the molecule is CCOC(=O)C1C(=O)OC2(CCOCC2)C1C#N. The van der Waals surface area contributed by atoms with Gasteiger partial charge >= 0.3 is 11.9 Å². The predicted molar refractivity (Wildman–Crippen MR) is 58.1 cm³/mol. The summed E-state index contributed by atoms with van der Waals surface area (Å²) in [6.45, 7) is 2.70. The lowest BCUT2D eigenvalue weighted by Gasteiger charge is -2.34. The average Bonchev–Trinajstić information content (AvgIpc) is 2.62. The number of nitriles is 1. The van der Waals surface area contributed by atoms with E-state index in [1.807, 2.05) is 6.07 Å². The number of ether oxygens (including phenoxy) is 3. The molecule has 2 aliphatic rings. The lowest BCUT2D eigenvalue weighted by Crippen LogP contribution is -2.43. The molecule has 2 unspecified atom stereocenters. The zero-order valence-corrected chi connectivity index (χ0v) is 10.2. The second kappa shape index (κ2) is 4.94. The minimum absolute atomic E-state index is 0.177. The molecule has 98 valence electrons. The maximum Gasteiger partial charge on any atom is 0.322 e. The van der Waals surface area contributed by atoms with Crippen molar-refractivity contribution in [3.8, 4) is 6.07 Å². The van der Waals surface area contributed by atoms with Crippen LogP contribution in [0, 0.1) is 23.2 Å². The average molecular weight is 253 g/mol. The molecule has 0 N–H and O–H groups in total. The highest BCUT2D eigenvalue weighted by Crippen LogP contribution is 2.44. The molecule has 0 aromatic heterocycles. The van der Waals surface area contributed by atoms with E-state index in [4.69, 9.17) is 14.2 Å². The van der Waals surface area contributed by atoms with Crippen molar-refractivity contribution < 1.29 is 23.8 Å². The van der Waals surface area contributed by atoms with E-state index < -0.39 is 29.4 Å². The van der Waals surface area contributed by atoms with Crippen molar-refractivity contribution in [2.45, 2.75) is 25.4 Å². The van der Waals surface area contributed by atoms with E-state index in [-0.39, 0.29) is 6.61 Å². The topological polar surface area (TPSA) is 85.6 Å². The third-order valence-corrected chi connectivity index (χ3v) is 3.48. The largest absolute Gasteiger partial charge is 0.465 e. The highest BCUT2D eigenvalue weighted by molar-refractivity contribution is 5.97. The summed E-state index contributed by atoms with van der Waals surface area (Å²) in [5, 5.41) is 9.26. The predicted octanol–water partition coefficient (Wildman–Crippen LogP) is 0.411. The van der Waals surface area contributed by atoms with Gasteiger partial charge in [0.15, 0.2) is 5.92 Å². The summed E-state index contributed by atoms with van der Waals surface area (Å²) >= 11 is 0. The molecule has 2 saturated heterocycles. The fraction of sp³-hybridized carbons (Fsp3) is 0.750. The number of esters is 2. The molecular weight excluding hydrogens is 238 g/mol. The molecular formula is C12H15NO5. The van der Waals surface area contributed by atoms with Crippen molar-refractivity contribution in [2.24, 2.45) is 11.8 Å². The van der Waals surface area contributed by atoms with Crippen LogP contribution >= 0.6 is 0 Å². The second-order valence-electron chi connectivity index (χ2n) is 4.43. The number of rotatable bonds is 2. The molecule has 0 saturated carbocycles. The van der Waals surface area contributed by atoms with E-state index in [1.54, 1.807) is 6.92 Å². The second-order valence-corrected chi connectivity index (χ2v) is 4.43. The smallest absolute Gasteiger partial charge is 0.322 e. The normalized spacial score (nSPS) is 29.7. The molecule has 0 aromatic rings. The highest BCUT2D eigenvalue weighted by atomic mass is 16.6. The Morgan fingerprint density at radius 2 is 2.22 bits per heavy atom. The van der Waals surface area contributed by atoms with Crippen molar-refractivity contribution >= 4 is 11.9 Å². The third-order valence-electron chi connectivity index (χ3n) is 3.48. The van der Waals surface area contributed by atoms with Gasteiger partial charge in [0.1, 0.15) is 11.5 Å². The van der Waals surface area contributed by atoms with Crippen LogP contribution in [0.3, 0.4) is 0 Å². The van der Waals surface area contributed by atoms with Gasteiger partial charge in [-0.2, -0.15) is 5.26 Å². The zero-order chi connectivity index (χ0) is 13.2. The van der Waals surface area contributed by atoms with Crippen molar-refractivity contribution in [3.05, 3.63) is 0 Å². The van der Waals surface area contributed by atoms with Crippen LogP contribution in [0.15, 0.2) is 0 Å². The zero-order valence-electron chi connectivity index (χ0n) is 10.2. The van der Waals surface area contributed by atoms with E-state index in [2.05, 4.69) is 0 Å². The standard InChI is InChI=1S/C12H15NO5/c1-2-17-10(14)9-8(7-13)12(18-11(9)15)3-5-16-6-4-12/h8-9H,2-6H2,1H3. The molecule has 0 aromatic carbocycles. The van der Waals surface area contributed by atoms with Gasteiger partial charge in [-0.15, -0.1) is 0 Å². The van der Waals surface area contributed by atoms with Crippen molar-refractivity contribution in [3.63, 3.8) is 0 Å². The monoisotopic (exact) mass is 253 g/mol. The molecule has 1 spiro atoms. The molecule has 0 amide bonds. The molecule has 0 aliphatic carbocycles. The maximum absolute atomic E-state index is 11.8. The Hall–Kier alpha value is -1.61. The molecule has 2 rings (SSSR count). The van der Waals surface area contributed by atoms with Crippen molar-refractivity contribution in [1.82, 2.24) is 0 Å². The van der Waals surface area contributed by atoms with Gasteiger partial charge in [0, 0.05) is 12.8 Å². The first-order valence-corrected chi connectivity index (χ1v) is 6.01. The maximum atomic E-state index is 11.8. The molecule has 0 radical (unpaired) electrons. The number of carbonyl (C=O) groups excluding carboxylic acids is 2. The summed E-state index contributed by atoms with van der Waals surface area (Å²) in [7, 11) is 0. The molecule has 2 atom stereocenters. The molecule has 18 heavy (non-hydrogen) atoms. The van der Waals surface area contributed by atoms with Gasteiger partial charge in [0.05, 0.1) is 25.9 Å². The Bertz CT molecular complexity index is 394. The summed E-state index contributed by atoms with van der Waals surface area (Å²) in [4.78, 5) is 23.6. The van der Waals surface area contributed by atoms with Gasteiger partial charge in [0.25, 0.3) is 0 Å². The van der Waals surface area contributed by atoms with E-state index in [0.717, 1.165) is 0 Å². The summed E-state index contributed by atoms with van der Waals surface area (Å²) < 4.78 is 15.4. The van der Waals surface area contributed by atoms with Crippen LogP contribution in [-0.2, 0) is 23.8 Å². The van der Waals surface area contributed by atoms with Crippen LogP contribution in [0.1, 0.15) is 19.8 Å². The van der Waals surface area contributed by atoms with Crippen LogP contribution in [0.4, 0.5) is 0 Å². The Morgan fingerprint density at radius 1 is 1.56 bits per heavy atom. The first-order valence-electron chi connectivity index (χ1n) is 6.01. The van der Waals surface area contributed by atoms with Gasteiger partial charge in [-0.1, -0.05) is 0 Å². The summed E-state index contributed by atoms with van der Waals surface area (Å²) in [5.74, 6) is -3.22. The first-order chi connectivity index (χ1) is 8.64. The number of carbonyl (C=O) groups is 2. The van der Waals surface area contributed by atoms with Gasteiger partial charge < -0.3 is 14.2 Å². The molecule has 2 heterocycles. The van der Waals surface area contributed by atoms with E-state index in [9.17, 15) is 14.9 Å². The van der Waals surface area contributed by atoms with Crippen LogP contribution < -0.4 is 0 Å².